The molecule has 4 aromatic heterocycles. The van der Waals surface area contributed by atoms with Crippen LogP contribution >= 0.6 is 0 Å². The van der Waals surface area contributed by atoms with Gasteiger partial charge in [-0.05, 0) is 51.8 Å². The Bertz CT molecular complexity index is 1360. The van der Waals surface area contributed by atoms with E-state index in [9.17, 15) is 8.78 Å². The number of hydrogen-bond acceptors (Lipinski definition) is 6. The van der Waals surface area contributed by atoms with E-state index in [1.54, 1.807) is 23.7 Å². The number of fused-ring (bicyclic) bond motifs is 2. The summed E-state index contributed by atoms with van der Waals surface area (Å²) in [5.74, 6) is 0.690. The van der Waals surface area contributed by atoms with Gasteiger partial charge in [-0.2, -0.15) is 5.26 Å². The first kappa shape index (κ1) is 23.5. The number of nitrogen functional groups attached to an aromatic ring is 1. The topological polar surface area (TPSA) is 111 Å². The minimum absolute atomic E-state index is 0.0260. The molecule has 10 heteroatoms. The van der Waals surface area contributed by atoms with Crippen molar-refractivity contribution in [1.82, 2.24) is 29.1 Å². The fourth-order valence-corrected chi connectivity index (χ4v) is 4.50. The second-order valence-electron chi connectivity index (χ2n) is 9.01. The third kappa shape index (κ3) is 4.69. The van der Waals surface area contributed by atoms with Gasteiger partial charge in [0.1, 0.15) is 11.3 Å². The van der Waals surface area contributed by atoms with Crippen LogP contribution in [0.4, 0.5) is 14.7 Å². The fraction of sp³-hybridized carbons (Fsp3) is 0.458. The Balaban J connectivity index is 0.000000257. The van der Waals surface area contributed by atoms with E-state index in [1.807, 2.05) is 19.1 Å². The van der Waals surface area contributed by atoms with Crippen molar-refractivity contribution >= 4 is 22.6 Å². The maximum atomic E-state index is 12.9. The van der Waals surface area contributed by atoms with Gasteiger partial charge in [0.05, 0.1) is 34.9 Å². The van der Waals surface area contributed by atoms with Gasteiger partial charge in [-0.15, -0.1) is 5.10 Å². The molecule has 1 saturated carbocycles. The van der Waals surface area contributed by atoms with Crippen LogP contribution in [0.1, 0.15) is 50.5 Å². The molecule has 1 aliphatic carbocycles. The van der Waals surface area contributed by atoms with Crippen LogP contribution in [0.2, 0.25) is 0 Å². The minimum atomic E-state index is -2.48. The molecule has 0 spiro atoms. The summed E-state index contributed by atoms with van der Waals surface area (Å²) in [6, 6.07) is 7.83. The second kappa shape index (κ2) is 9.33. The number of nitriles is 1. The molecular weight excluding hydrogens is 438 g/mol. The van der Waals surface area contributed by atoms with Crippen LogP contribution in [0.5, 0.6) is 0 Å². The van der Waals surface area contributed by atoms with Gasteiger partial charge in [0.2, 0.25) is 5.95 Å². The lowest BCUT2D eigenvalue weighted by Gasteiger charge is -2.25. The van der Waals surface area contributed by atoms with Crippen LogP contribution in [-0.2, 0) is 6.54 Å². The van der Waals surface area contributed by atoms with Crippen molar-refractivity contribution in [2.24, 2.45) is 5.41 Å². The van der Waals surface area contributed by atoms with Gasteiger partial charge in [-0.25, -0.2) is 28.2 Å². The molecule has 1 aliphatic rings. The summed E-state index contributed by atoms with van der Waals surface area (Å²) in [6.45, 7) is 5.17. The summed E-state index contributed by atoms with van der Waals surface area (Å²) in [4.78, 5) is 13.1. The predicted molar refractivity (Wildman–Crippen MR) is 126 cm³/mol. The highest BCUT2D eigenvalue weighted by Gasteiger charge is 2.25. The van der Waals surface area contributed by atoms with Crippen molar-refractivity contribution in [2.75, 3.05) is 5.73 Å². The molecule has 0 amide bonds. The number of rotatable bonds is 3. The predicted octanol–water partition coefficient (Wildman–Crippen LogP) is 5.09. The molecule has 0 aromatic carbocycles. The molecule has 0 unspecified atom stereocenters. The Kier molecular flexibility index (Phi) is 6.46. The van der Waals surface area contributed by atoms with E-state index >= 15 is 0 Å². The van der Waals surface area contributed by atoms with E-state index in [2.05, 4.69) is 33.0 Å². The summed E-state index contributed by atoms with van der Waals surface area (Å²) in [5.41, 5.74) is 9.66. The smallest absolute Gasteiger partial charge is 0.256 e. The number of hydrogen-bond donors (Lipinski definition) is 1. The third-order valence-electron chi connectivity index (χ3n) is 6.31. The molecule has 5 rings (SSSR count). The number of nitrogens with two attached hydrogens (primary N) is 1. The first-order valence-corrected chi connectivity index (χ1v) is 11.4. The van der Waals surface area contributed by atoms with Gasteiger partial charge < -0.3 is 10.3 Å². The minimum Gasteiger partial charge on any atom is -0.367 e. The SMILES string of the molecule is CC1(C#N)CCCCC1.Cc1nc(N)nn2ccc(-c3ccc4nc(C)n(CC(F)F)c4n3)c12. The monoisotopic (exact) mass is 466 g/mol. The molecule has 2 N–H and O–H groups in total. The van der Waals surface area contributed by atoms with Crippen molar-refractivity contribution in [1.29, 1.82) is 5.26 Å². The van der Waals surface area contributed by atoms with Gasteiger partial charge in [0.25, 0.3) is 6.43 Å². The normalized spacial score (nSPS) is 15.3. The van der Waals surface area contributed by atoms with E-state index < -0.39 is 13.0 Å². The van der Waals surface area contributed by atoms with E-state index in [1.165, 1.54) is 23.8 Å². The van der Waals surface area contributed by atoms with Gasteiger partial charge in [0, 0.05) is 11.8 Å². The number of halogens is 2. The number of nitrogens with zero attached hydrogens (tertiary/aromatic N) is 7. The van der Waals surface area contributed by atoms with E-state index in [4.69, 9.17) is 11.0 Å². The van der Waals surface area contributed by atoms with Crippen LogP contribution in [0.25, 0.3) is 27.9 Å². The van der Waals surface area contributed by atoms with Gasteiger partial charge in [-0.3, -0.25) is 0 Å². The fourth-order valence-electron chi connectivity index (χ4n) is 4.50. The molecule has 0 atom stereocenters. The van der Waals surface area contributed by atoms with Crippen LogP contribution in [0.15, 0.2) is 24.4 Å². The standard InChI is InChI=1S/C16H15F2N7.C8H13N/c1-8-14-10(5-6-25(14)23-16(19)20-8)11-3-4-12-15(22-11)24(7-13(17)18)9(2)21-12;1-8(7-9)5-3-2-4-6-8/h3-6,13H,7H2,1-2H3,(H2,19,23);2-6H2,1H3. The van der Waals surface area contributed by atoms with Crippen molar-refractivity contribution in [3.8, 4) is 17.3 Å². The number of anilines is 1. The van der Waals surface area contributed by atoms with Gasteiger partial charge in [0.15, 0.2) is 5.65 Å². The Morgan fingerprint density at radius 3 is 2.50 bits per heavy atom. The molecule has 1 fully saturated rings. The Morgan fingerprint density at radius 2 is 1.85 bits per heavy atom. The third-order valence-corrected chi connectivity index (χ3v) is 6.31. The molecule has 8 nitrogen and oxygen atoms in total. The van der Waals surface area contributed by atoms with E-state index in [0.717, 1.165) is 23.9 Å². The first-order valence-electron chi connectivity index (χ1n) is 11.4. The Hall–Kier alpha value is -3.61. The molecule has 0 saturated heterocycles. The number of alkyl halides is 2. The van der Waals surface area contributed by atoms with E-state index in [-0.39, 0.29) is 11.4 Å². The van der Waals surface area contributed by atoms with Crippen LogP contribution < -0.4 is 5.73 Å². The lowest BCUT2D eigenvalue weighted by Crippen LogP contribution is -2.16. The van der Waals surface area contributed by atoms with Gasteiger partial charge >= 0.3 is 0 Å². The van der Waals surface area contributed by atoms with Crippen LogP contribution in [0.3, 0.4) is 0 Å². The molecular formula is C24H28F2N8. The van der Waals surface area contributed by atoms with Crippen molar-refractivity contribution in [3.05, 3.63) is 35.9 Å². The molecule has 4 heterocycles. The second-order valence-corrected chi connectivity index (χ2v) is 9.01. The molecule has 178 valence electrons. The number of aromatic nitrogens is 6. The van der Waals surface area contributed by atoms with Crippen molar-refractivity contribution < 1.29 is 8.78 Å². The number of imidazole rings is 1. The van der Waals surface area contributed by atoms with Gasteiger partial charge in [-0.1, -0.05) is 19.3 Å². The summed E-state index contributed by atoms with van der Waals surface area (Å²) in [5, 5.41) is 12.8. The Morgan fingerprint density at radius 1 is 1.12 bits per heavy atom. The Labute approximate surface area is 196 Å². The van der Waals surface area contributed by atoms with Crippen LogP contribution in [-0.4, -0.2) is 35.6 Å². The largest absolute Gasteiger partial charge is 0.367 e. The summed E-state index contributed by atoms with van der Waals surface area (Å²) >= 11 is 0. The average Bonchev–Trinajstić information content (AvgIpc) is 3.35. The summed E-state index contributed by atoms with van der Waals surface area (Å²) in [6.07, 6.45) is 5.36. The highest BCUT2D eigenvalue weighted by Crippen LogP contribution is 2.34. The zero-order chi connectivity index (χ0) is 24.5. The quantitative estimate of drug-likeness (QED) is 0.450. The number of aryl methyl sites for hydroxylation is 2. The number of pyridine rings is 1. The lowest BCUT2D eigenvalue weighted by atomic mass is 9.77. The zero-order valence-electron chi connectivity index (χ0n) is 19.6. The molecule has 0 radical (unpaired) electrons. The highest BCUT2D eigenvalue weighted by atomic mass is 19.3. The van der Waals surface area contributed by atoms with Crippen molar-refractivity contribution in [2.45, 2.75) is 65.8 Å². The zero-order valence-corrected chi connectivity index (χ0v) is 19.6. The average molecular weight is 467 g/mol. The molecule has 0 aliphatic heterocycles. The maximum Gasteiger partial charge on any atom is 0.256 e. The summed E-state index contributed by atoms with van der Waals surface area (Å²) in [7, 11) is 0. The molecule has 34 heavy (non-hydrogen) atoms. The molecule has 0 bridgehead atoms. The lowest BCUT2D eigenvalue weighted by molar-refractivity contribution is 0.127. The summed E-state index contributed by atoms with van der Waals surface area (Å²) < 4.78 is 28.8. The maximum absolute atomic E-state index is 12.9. The van der Waals surface area contributed by atoms with Crippen molar-refractivity contribution in [3.63, 3.8) is 0 Å². The van der Waals surface area contributed by atoms with E-state index in [0.29, 0.717) is 28.4 Å². The van der Waals surface area contributed by atoms with Crippen LogP contribution in [0, 0.1) is 30.6 Å². The highest BCUT2D eigenvalue weighted by molar-refractivity contribution is 5.84. The first-order chi connectivity index (χ1) is 16.2. The molecule has 4 aromatic rings.